The van der Waals surface area contributed by atoms with E-state index in [1.807, 2.05) is 61.5 Å². The third kappa shape index (κ3) is 5.24. The molecular weight excluding hydrogens is 490 g/mol. The number of hydrogen-bond acceptors (Lipinski definition) is 7. The van der Waals surface area contributed by atoms with Crippen molar-refractivity contribution < 1.29 is 24.2 Å². The van der Waals surface area contributed by atoms with Gasteiger partial charge in [-0.05, 0) is 49.1 Å². The van der Waals surface area contributed by atoms with Crippen molar-refractivity contribution in [1.29, 1.82) is 0 Å². The predicted molar refractivity (Wildman–Crippen MR) is 141 cm³/mol. The summed E-state index contributed by atoms with van der Waals surface area (Å²) in [5.41, 5.74) is 2.85. The minimum absolute atomic E-state index is 0.0107. The number of aliphatic carboxylic acids is 1. The third-order valence-electron chi connectivity index (χ3n) is 6.53. The lowest BCUT2D eigenvalue weighted by molar-refractivity contribution is -0.154. The van der Waals surface area contributed by atoms with Gasteiger partial charge in [0, 0.05) is 23.6 Å². The third-order valence-corrected chi connectivity index (χ3v) is 7.53. The first-order chi connectivity index (χ1) is 17.9. The molecule has 1 aliphatic carbocycles. The van der Waals surface area contributed by atoms with Crippen molar-refractivity contribution in [2.45, 2.75) is 38.0 Å². The Bertz CT molecular complexity index is 1470. The van der Waals surface area contributed by atoms with Gasteiger partial charge in [0.15, 0.2) is 6.10 Å². The average Bonchev–Trinajstić information content (AvgIpc) is 3.42. The Hall–Kier alpha value is -3.66. The van der Waals surface area contributed by atoms with Crippen molar-refractivity contribution in [1.82, 2.24) is 14.8 Å². The number of thiophene rings is 1. The van der Waals surface area contributed by atoms with Crippen molar-refractivity contribution in [3.8, 4) is 0 Å². The zero-order chi connectivity index (χ0) is 26.0. The lowest BCUT2D eigenvalue weighted by Crippen LogP contribution is -2.30. The van der Waals surface area contributed by atoms with Gasteiger partial charge in [-0.2, -0.15) is 5.10 Å². The molecule has 1 fully saturated rings. The van der Waals surface area contributed by atoms with Gasteiger partial charge in [0.25, 0.3) is 0 Å². The molecule has 4 aromatic rings. The number of carboxylic acid groups (broad SMARTS) is 1. The van der Waals surface area contributed by atoms with Gasteiger partial charge in [-0.3, -0.25) is 14.5 Å². The molecule has 1 N–H and O–H groups in total. The molecule has 1 aromatic carbocycles. The number of rotatable bonds is 11. The summed E-state index contributed by atoms with van der Waals surface area (Å²) in [5.74, 6) is -1.11. The number of carbonyl (C=O) groups excluding carboxylic acids is 1. The van der Waals surface area contributed by atoms with Crippen LogP contribution in [0.25, 0.3) is 17.0 Å². The van der Waals surface area contributed by atoms with E-state index in [9.17, 15) is 9.59 Å². The van der Waals surface area contributed by atoms with Gasteiger partial charge in [0.2, 0.25) is 5.78 Å². The summed E-state index contributed by atoms with van der Waals surface area (Å²) in [4.78, 5) is 30.3. The highest BCUT2D eigenvalue weighted by atomic mass is 32.1. The molecule has 3 aromatic heterocycles. The van der Waals surface area contributed by atoms with E-state index >= 15 is 0 Å². The second kappa shape index (κ2) is 10.4. The first-order valence-corrected chi connectivity index (χ1v) is 12.8. The Morgan fingerprint density at radius 1 is 1.19 bits per heavy atom. The number of fused-ring (bicyclic) bond motifs is 1. The van der Waals surface area contributed by atoms with E-state index < -0.39 is 17.7 Å². The van der Waals surface area contributed by atoms with Crippen LogP contribution in [0.2, 0.25) is 0 Å². The molecule has 5 rings (SSSR count). The maximum absolute atomic E-state index is 13.1. The first kappa shape index (κ1) is 25.0. The number of nitrogens with zero attached hydrogens (tertiary/aromatic N) is 3. The van der Waals surface area contributed by atoms with Crippen molar-refractivity contribution in [2.24, 2.45) is 0 Å². The van der Waals surface area contributed by atoms with Crippen LogP contribution < -0.4 is 0 Å². The van der Waals surface area contributed by atoms with E-state index in [1.165, 1.54) is 18.4 Å². The van der Waals surface area contributed by atoms with Crippen LogP contribution in [0.4, 0.5) is 0 Å². The average molecular weight is 518 g/mol. The molecule has 0 radical (unpaired) electrons. The molecule has 0 aliphatic heterocycles. The van der Waals surface area contributed by atoms with Crippen LogP contribution >= 0.6 is 11.3 Å². The van der Waals surface area contributed by atoms with Crippen LogP contribution in [0.5, 0.6) is 0 Å². The van der Waals surface area contributed by atoms with Crippen LogP contribution in [-0.4, -0.2) is 51.4 Å². The molecule has 0 unspecified atom stereocenters. The molecule has 37 heavy (non-hydrogen) atoms. The molecule has 9 heteroatoms. The van der Waals surface area contributed by atoms with Crippen molar-refractivity contribution in [3.63, 3.8) is 0 Å². The highest BCUT2D eigenvalue weighted by Gasteiger charge is 2.46. The van der Waals surface area contributed by atoms with Gasteiger partial charge in [-0.25, -0.2) is 4.79 Å². The number of aryl methyl sites for hydroxylation is 1. The van der Waals surface area contributed by atoms with E-state index in [0.29, 0.717) is 17.1 Å². The second-order valence-electron chi connectivity index (χ2n) is 9.06. The molecule has 0 amide bonds. The summed E-state index contributed by atoms with van der Waals surface area (Å²) >= 11 is 1.47. The molecule has 0 saturated heterocycles. The van der Waals surface area contributed by atoms with Gasteiger partial charge in [-0.1, -0.05) is 36.4 Å². The normalized spacial score (nSPS) is 15.3. The highest BCUT2D eigenvalue weighted by molar-refractivity contribution is 7.14. The minimum Gasteiger partial charge on any atom is -0.479 e. The fourth-order valence-corrected chi connectivity index (χ4v) is 5.10. The Morgan fingerprint density at radius 2 is 1.97 bits per heavy atom. The molecule has 3 heterocycles. The number of allylic oxidation sites excluding steroid dienone is 1. The van der Waals surface area contributed by atoms with Crippen molar-refractivity contribution in [3.05, 3.63) is 87.5 Å². The molecule has 1 aliphatic rings. The Kier molecular flexibility index (Phi) is 7.01. The second-order valence-corrected chi connectivity index (χ2v) is 10.3. The van der Waals surface area contributed by atoms with Gasteiger partial charge < -0.3 is 14.6 Å². The van der Waals surface area contributed by atoms with Crippen LogP contribution in [0, 0.1) is 6.92 Å². The quantitative estimate of drug-likeness (QED) is 0.284. The maximum atomic E-state index is 13.1. The SMILES string of the molecule is CO[C@H](COC1(c2ccc(/C=C/Cn3nc(C(=O)c4ccc(C)s4)c4ccncc43)cc2)CC1)C(=O)O. The van der Waals surface area contributed by atoms with E-state index in [1.54, 1.807) is 17.1 Å². The van der Waals surface area contributed by atoms with Crippen LogP contribution in [-0.2, 0) is 26.4 Å². The fourth-order valence-electron chi connectivity index (χ4n) is 4.29. The number of benzene rings is 1. The molecule has 8 nitrogen and oxygen atoms in total. The number of pyridine rings is 1. The Labute approximate surface area is 218 Å². The molecule has 1 atom stereocenters. The lowest BCUT2D eigenvalue weighted by Gasteiger charge is -2.19. The summed E-state index contributed by atoms with van der Waals surface area (Å²) in [5, 5.41) is 14.6. The topological polar surface area (TPSA) is 104 Å². The predicted octanol–water partition coefficient (Wildman–Crippen LogP) is 4.85. The number of ketones is 1. The van der Waals surface area contributed by atoms with E-state index in [2.05, 4.69) is 10.1 Å². The van der Waals surface area contributed by atoms with Gasteiger partial charge in [-0.15, -0.1) is 11.3 Å². The first-order valence-electron chi connectivity index (χ1n) is 12.0. The Morgan fingerprint density at radius 3 is 2.62 bits per heavy atom. The monoisotopic (exact) mass is 517 g/mol. The van der Waals surface area contributed by atoms with Gasteiger partial charge >= 0.3 is 5.97 Å². The fraction of sp³-hybridized carbons (Fsp3) is 0.286. The number of methoxy groups -OCH3 is 1. The minimum atomic E-state index is -1.03. The zero-order valence-electron chi connectivity index (χ0n) is 20.6. The maximum Gasteiger partial charge on any atom is 0.335 e. The highest BCUT2D eigenvalue weighted by Crippen LogP contribution is 2.49. The van der Waals surface area contributed by atoms with E-state index in [0.717, 1.165) is 39.7 Å². The molecule has 0 spiro atoms. The summed E-state index contributed by atoms with van der Waals surface area (Å²) in [6.07, 6.45) is 8.14. The number of aromatic nitrogens is 3. The van der Waals surface area contributed by atoms with E-state index in [4.69, 9.17) is 14.6 Å². The lowest BCUT2D eigenvalue weighted by atomic mass is 10.0. The Balaban J connectivity index is 1.28. The summed E-state index contributed by atoms with van der Waals surface area (Å²) in [6.45, 7) is 2.48. The van der Waals surface area contributed by atoms with Crippen LogP contribution in [0.15, 0.2) is 60.9 Å². The number of carbonyl (C=O) groups is 2. The van der Waals surface area contributed by atoms with Crippen molar-refractivity contribution >= 4 is 40.1 Å². The van der Waals surface area contributed by atoms with Crippen molar-refractivity contribution in [2.75, 3.05) is 13.7 Å². The zero-order valence-corrected chi connectivity index (χ0v) is 21.4. The van der Waals surface area contributed by atoms with Crippen LogP contribution in [0.1, 0.15) is 44.2 Å². The largest absolute Gasteiger partial charge is 0.479 e. The summed E-state index contributed by atoms with van der Waals surface area (Å²) in [6, 6.07) is 13.7. The molecule has 190 valence electrons. The van der Waals surface area contributed by atoms with Crippen LogP contribution in [0.3, 0.4) is 0 Å². The molecule has 1 saturated carbocycles. The summed E-state index contributed by atoms with van der Waals surface area (Å²) < 4.78 is 12.7. The number of carboxylic acids is 1. The standard InChI is InChI=1S/C28H27N3O5S/c1-18-5-10-24(37-18)26(32)25-21-11-14-29-16-22(21)31(30-25)15-3-4-19-6-8-20(9-7-19)28(12-13-28)36-17-23(35-2)27(33)34/h3-11,14,16,23H,12-13,15,17H2,1-2H3,(H,33,34)/b4-3+/t23-/m1/s1. The van der Waals surface area contributed by atoms with E-state index in [-0.39, 0.29) is 12.4 Å². The summed E-state index contributed by atoms with van der Waals surface area (Å²) in [7, 11) is 1.37. The van der Waals surface area contributed by atoms with Gasteiger partial charge in [0.1, 0.15) is 5.69 Å². The smallest absolute Gasteiger partial charge is 0.335 e. The number of hydrogen-bond donors (Lipinski definition) is 1. The van der Waals surface area contributed by atoms with Gasteiger partial charge in [0.05, 0.1) is 35.3 Å². The number of ether oxygens (including phenoxy) is 2. The molecular formula is C28H27N3O5S. The molecule has 0 bridgehead atoms.